The molecule has 2 amide bonds. The molecule has 5 N–H and O–H groups in total. The Kier molecular flexibility index (Phi) is 7.44. The van der Waals surface area contributed by atoms with E-state index in [4.69, 9.17) is 26.8 Å². The summed E-state index contributed by atoms with van der Waals surface area (Å²) in [6.45, 7) is 3.70. The number of methoxy groups -OCH3 is 2. The molecule has 0 aliphatic heterocycles. The van der Waals surface area contributed by atoms with Gasteiger partial charge in [0.25, 0.3) is 5.91 Å². The number of nitrogens with one attached hydrogen (secondary N) is 3. The van der Waals surface area contributed by atoms with Crippen LogP contribution < -0.4 is 31.2 Å². The van der Waals surface area contributed by atoms with Gasteiger partial charge < -0.3 is 31.2 Å². The fourth-order valence-electron chi connectivity index (χ4n) is 3.59. The van der Waals surface area contributed by atoms with Gasteiger partial charge in [-0.25, -0.2) is 4.98 Å². The van der Waals surface area contributed by atoms with E-state index in [1.54, 1.807) is 47.0 Å². The molecule has 4 aromatic rings. The van der Waals surface area contributed by atoms with Crippen LogP contribution in [0.1, 0.15) is 15.9 Å². The lowest BCUT2D eigenvalue weighted by Gasteiger charge is -2.16. The summed E-state index contributed by atoms with van der Waals surface area (Å²) in [5.41, 5.74) is 7.93. The molecule has 0 atom stereocenters. The van der Waals surface area contributed by atoms with Gasteiger partial charge in [-0.15, -0.1) is 0 Å². The lowest BCUT2D eigenvalue weighted by molar-refractivity contribution is -0.111. The summed E-state index contributed by atoms with van der Waals surface area (Å²) in [6.07, 6.45) is 4.36. The fraction of sp³-hybridized carbons (Fsp3) is 0.120. The summed E-state index contributed by atoms with van der Waals surface area (Å²) in [5, 5.41) is 9.53. The number of fused-ring (bicyclic) bond motifs is 1. The lowest BCUT2D eigenvalue weighted by Crippen LogP contribution is -2.18. The maximum atomic E-state index is 12.4. The molecule has 0 aliphatic carbocycles. The van der Waals surface area contributed by atoms with E-state index in [9.17, 15) is 9.59 Å². The Morgan fingerprint density at radius 2 is 1.86 bits per heavy atom. The highest BCUT2D eigenvalue weighted by atomic mass is 35.5. The highest BCUT2D eigenvalue weighted by Gasteiger charge is 2.20. The Hall–Kier alpha value is -4.77. The van der Waals surface area contributed by atoms with E-state index >= 15 is 0 Å². The van der Waals surface area contributed by atoms with Crippen LogP contribution in [0, 0.1) is 0 Å². The summed E-state index contributed by atoms with van der Waals surface area (Å²) >= 11 is 6.38. The summed E-state index contributed by atoms with van der Waals surface area (Å²) < 4.78 is 12.3. The van der Waals surface area contributed by atoms with Gasteiger partial charge >= 0.3 is 0 Å². The third-order valence-electron chi connectivity index (χ3n) is 5.34. The van der Waals surface area contributed by atoms with Crippen LogP contribution in [0.15, 0.2) is 61.4 Å². The zero-order valence-corrected chi connectivity index (χ0v) is 20.8. The molecule has 0 saturated carbocycles. The average Bonchev–Trinajstić information content (AvgIpc) is 3.37. The monoisotopic (exact) mass is 521 g/mol. The molecule has 0 fully saturated rings. The second-order valence-corrected chi connectivity index (χ2v) is 8.13. The number of amides is 2. The van der Waals surface area contributed by atoms with Crippen molar-refractivity contribution in [2.75, 3.05) is 30.2 Å². The predicted molar refractivity (Wildman–Crippen MR) is 142 cm³/mol. The molecule has 4 rings (SSSR count). The molecule has 0 saturated heterocycles. The molecular formula is C25H24ClN7O4. The highest BCUT2D eigenvalue weighted by molar-refractivity contribution is 6.31. The van der Waals surface area contributed by atoms with Crippen LogP contribution in [0.3, 0.4) is 0 Å². The van der Waals surface area contributed by atoms with Crippen LogP contribution in [-0.4, -0.2) is 40.4 Å². The van der Waals surface area contributed by atoms with Gasteiger partial charge in [-0.2, -0.15) is 4.98 Å². The first-order chi connectivity index (χ1) is 17.8. The smallest absolute Gasteiger partial charge is 0.256 e. The standard InChI is InChI=1S/C25H24ClN7O4/c1-4-20(34)30-15-5-6-19(26)14(9-15)13-29-25-32-23(21(22(27)35)24-28-7-8-33(24)25)31-16-10-17(36-2)12-18(11-16)37-3/h4-12,31H,1,13H2,2-3H3,(H2,27,35)(H,29,32)(H,30,34). The molecule has 0 bridgehead atoms. The van der Waals surface area contributed by atoms with Crippen molar-refractivity contribution in [3.05, 3.63) is 77.6 Å². The zero-order valence-electron chi connectivity index (χ0n) is 20.0. The summed E-state index contributed by atoms with van der Waals surface area (Å²) in [7, 11) is 3.07. The number of hydrogen-bond acceptors (Lipinski definition) is 8. The van der Waals surface area contributed by atoms with Gasteiger partial charge in [0, 0.05) is 53.5 Å². The van der Waals surface area contributed by atoms with Crippen LogP contribution >= 0.6 is 11.6 Å². The van der Waals surface area contributed by atoms with Crippen LogP contribution in [-0.2, 0) is 11.3 Å². The number of carbonyl (C=O) groups excluding carboxylic acids is 2. The van der Waals surface area contributed by atoms with Crippen molar-refractivity contribution in [2.45, 2.75) is 6.54 Å². The first-order valence-electron chi connectivity index (χ1n) is 11.0. The Bertz CT molecular complexity index is 1480. The van der Waals surface area contributed by atoms with Crippen molar-refractivity contribution >= 4 is 52.2 Å². The highest BCUT2D eigenvalue weighted by Crippen LogP contribution is 2.31. The second-order valence-electron chi connectivity index (χ2n) is 7.72. The number of nitrogens with two attached hydrogens (primary N) is 1. The molecule has 0 aliphatic rings. The van der Waals surface area contributed by atoms with Crippen molar-refractivity contribution in [1.82, 2.24) is 14.4 Å². The minimum Gasteiger partial charge on any atom is -0.497 e. The van der Waals surface area contributed by atoms with Crippen LogP contribution in [0.25, 0.3) is 5.65 Å². The SMILES string of the molecule is C=CC(=O)Nc1ccc(Cl)c(CNc2nc(Nc3cc(OC)cc(OC)c3)c(C(N)=O)c3nccn23)c1. The Balaban J connectivity index is 1.71. The number of imidazole rings is 1. The van der Waals surface area contributed by atoms with E-state index in [-0.39, 0.29) is 23.8 Å². The number of carbonyl (C=O) groups is 2. The van der Waals surface area contributed by atoms with E-state index in [2.05, 4.69) is 32.5 Å². The molecule has 0 spiro atoms. The topological polar surface area (TPSA) is 145 Å². The second kappa shape index (κ2) is 10.9. The molecular weight excluding hydrogens is 498 g/mol. The van der Waals surface area contributed by atoms with Gasteiger partial charge in [0.05, 0.1) is 14.2 Å². The number of halogens is 1. The first-order valence-corrected chi connectivity index (χ1v) is 11.3. The number of anilines is 4. The normalized spacial score (nSPS) is 10.6. The predicted octanol–water partition coefficient (Wildman–Crippen LogP) is 3.98. The largest absolute Gasteiger partial charge is 0.497 e. The molecule has 2 aromatic heterocycles. The van der Waals surface area contributed by atoms with E-state index in [0.717, 1.165) is 0 Å². The Labute approximate surface area is 217 Å². The number of primary amides is 1. The van der Waals surface area contributed by atoms with Crippen molar-refractivity contribution in [1.29, 1.82) is 0 Å². The van der Waals surface area contributed by atoms with Crippen molar-refractivity contribution < 1.29 is 19.1 Å². The van der Waals surface area contributed by atoms with Gasteiger partial charge in [-0.05, 0) is 29.8 Å². The minimum absolute atomic E-state index is 0.101. The Morgan fingerprint density at radius 3 is 2.51 bits per heavy atom. The molecule has 2 heterocycles. The van der Waals surface area contributed by atoms with Gasteiger partial charge in [0.1, 0.15) is 17.1 Å². The van der Waals surface area contributed by atoms with E-state index < -0.39 is 5.91 Å². The van der Waals surface area contributed by atoms with Gasteiger partial charge in [-0.3, -0.25) is 14.0 Å². The fourth-order valence-corrected chi connectivity index (χ4v) is 3.78. The average molecular weight is 522 g/mol. The van der Waals surface area contributed by atoms with Crippen LogP contribution in [0.2, 0.25) is 5.02 Å². The van der Waals surface area contributed by atoms with Crippen molar-refractivity contribution in [2.24, 2.45) is 5.73 Å². The van der Waals surface area contributed by atoms with Gasteiger partial charge in [0.2, 0.25) is 11.9 Å². The Morgan fingerprint density at radius 1 is 1.14 bits per heavy atom. The molecule has 0 radical (unpaired) electrons. The number of aromatic nitrogens is 3. The van der Waals surface area contributed by atoms with Crippen molar-refractivity contribution in [3.8, 4) is 11.5 Å². The van der Waals surface area contributed by atoms with E-state index in [1.807, 2.05) is 0 Å². The zero-order chi connectivity index (χ0) is 26.5. The summed E-state index contributed by atoms with van der Waals surface area (Å²) in [4.78, 5) is 33.0. The molecule has 190 valence electrons. The minimum atomic E-state index is -0.707. The van der Waals surface area contributed by atoms with Crippen molar-refractivity contribution in [3.63, 3.8) is 0 Å². The maximum Gasteiger partial charge on any atom is 0.256 e. The third-order valence-corrected chi connectivity index (χ3v) is 5.71. The molecule has 0 unspecified atom stereocenters. The van der Waals surface area contributed by atoms with E-state index in [0.29, 0.717) is 45.1 Å². The number of nitrogens with zero attached hydrogens (tertiary/aromatic N) is 3. The first kappa shape index (κ1) is 25.3. The summed E-state index contributed by atoms with van der Waals surface area (Å²) in [5.74, 6) is 0.589. The number of rotatable bonds is 10. The number of ether oxygens (including phenoxy) is 2. The molecule has 37 heavy (non-hydrogen) atoms. The lowest BCUT2D eigenvalue weighted by atomic mass is 10.2. The summed E-state index contributed by atoms with van der Waals surface area (Å²) in [6, 6.07) is 10.3. The molecule has 12 heteroatoms. The van der Waals surface area contributed by atoms with Crippen LogP contribution in [0.5, 0.6) is 11.5 Å². The quantitative estimate of drug-likeness (QED) is 0.229. The number of hydrogen-bond donors (Lipinski definition) is 4. The number of benzene rings is 2. The molecule has 11 nitrogen and oxygen atoms in total. The molecule has 2 aromatic carbocycles. The third kappa shape index (κ3) is 5.57. The maximum absolute atomic E-state index is 12.4. The van der Waals surface area contributed by atoms with Gasteiger partial charge in [0.15, 0.2) is 11.5 Å². The van der Waals surface area contributed by atoms with Crippen LogP contribution in [0.4, 0.5) is 23.1 Å². The van der Waals surface area contributed by atoms with Gasteiger partial charge in [-0.1, -0.05) is 18.2 Å². The van der Waals surface area contributed by atoms with E-state index in [1.165, 1.54) is 26.5 Å².